The van der Waals surface area contributed by atoms with Crippen LogP contribution < -0.4 is 15.4 Å². The zero-order valence-corrected chi connectivity index (χ0v) is 19.0. The van der Waals surface area contributed by atoms with Crippen molar-refractivity contribution >= 4 is 38.5 Å². The molecule has 0 aliphatic rings. The molecule has 3 heterocycles. The van der Waals surface area contributed by atoms with Gasteiger partial charge in [0.05, 0.1) is 5.69 Å². The van der Waals surface area contributed by atoms with Gasteiger partial charge in [0.2, 0.25) is 5.95 Å². The van der Waals surface area contributed by atoms with E-state index >= 15 is 4.39 Å². The maximum Gasteiger partial charge on any atom is 0.434 e. The average molecular weight is 507 g/mol. The Kier molecular flexibility index (Phi) is 6.15. The highest BCUT2D eigenvalue weighted by Gasteiger charge is 2.39. The number of aromatic nitrogens is 4. The van der Waals surface area contributed by atoms with Crippen LogP contribution in [0.15, 0.2) is 53.7 Å². The molecule has 0 saturated carbocycles. The number of sulfonamides is 1. The minimum atomic E-state index is -5.03. The van der Waals surface area contributed by atoms with Crippen molar-refractivity contribution in [1.29, 1.82) is 0 Å². The van der Waals surface area contributed by atoms with E-state index in [1.165, 1.54) is 18.3 Å². The van der Waals surface area contributed by atoms with Crippen LogP contribution in [0, 0.1) is 5.82 Å². The number of hydrogen-bond donors (Lipinski definition) is 3. The molecule has 0 saturated heterocycles. The zero-order chi connectivity index (χ0) is 25.4. The maximum absolute atomic E-state index is 15.5. The highest BCUT2D eigenvalue weighted by atomic mass is 32.2. The van der Waals surface area contributed by atoms with Crippen molar-refractivity contribution in [3.05, 3.63) is 60.3 Å². The van der Waals surface area contributed by atoms with Gasteiger partial charge in [-0.2, -0.15) is 18.2 Å². The first-order valence-electron chi connectivity index (χ1n) is 9.92. The molecule has 9 nitrogen and oxygen atoms in total. The molecule has 0 aliphatic carbocycles. The van der Waals surface area contributed by atoms with E-state index < -0.39 is 38.3 Å². The van der Waals surface area contributed by atoms with Gasteiger partial charge in [0.1, 0.15) is 10.7 Å². The van der Waals surface area contributed by atoms with Gasteiger partial charge in [-0.3, -0.25) is 9.71 Å². The molecule has 14 heteroatoms. The smallest absolute Gasteiger partial charge is 0.373 e. The first kappa shape index (κ1) is 24.1. The molecule has 0 spiro atoms. The van der Waals surface area contributed by atoms with Crippen molar-refractivity contribution < 1.29 is 26.0 Å². The first-order chi connectivity index (χ1) is 16.5. The average Bonchev–Trinajstić information content (AvgIpc) is 2.83. The molecular weight excluding hydrogens is 490 g/mol. The van der Waals surface area contributed by atoms with Crippen molar-refractivity contribution in [1.82, 2.24) is 19.9 Å². The van der Waals surface area contributed by atoms with E-state index in [0.29, 0.717) is 17.0 Å². The molecule has 0 amide bonds. The second kappa shape index (κ2) is 8.94. The Labute approximate surface area is 196 Å². The van der Waals surface area contributed by atoms with E-state index in [4.69, 9.17) is 0 Å². The Bertz CT molecular complexity index is 1530. The third kappa shape index (κ3) is 4.64. The Morgan fingerprint density at radius 2 is 1.71 bits per heavy atom. The van der Waals surface area contributed by atoms with Crippen molar-refractivity contribution in [2.45, 2.75) is 11.1 Å². The molecule has 0 aliphatic heterocycles. The van der Waals surface area contributed by atoms with E-state index in [2.05, 4.69) is 30.6 Å². The fourth-order valence-corrected chi connectivity index (χ4v) is 4.56. The quantitative estimate of drug-likeness (QED) is 0.333. The van der Waals surface area contributed by atoms with E-state index in [1.807, 2.05) is 4.72 Å². The van der Waals surface area contributed by atoms with E-state index in [-0.39, 0.29) is 16.9 Å². The lowest BCUT2D eigenvalue weighted by atomic mass is 10.0. The molecule has 0 bridgehead atoms. The SMILES string of the molecule is CNc1ncc2cc(-c3cccc(NS(=O)(=O)c4cccnc4C(F)(F)F)c3F)c(NC)nc2n1. The summed E-state index contributed by atoms with van der Waals surface area (Å²) in [5.41, 5.74) is -1.63. The number of fused-ring (bicyclic) bond motifs is 1. The third-order valence-electron chi connectivity index (χ3n) is 4.89. The maximum atomic E-state index is 15.5. The van der Waals surface area contributed by atoms with Crippen LogP contribution in [-0.2, 0) is 16.2 Å². The van der Waals surface area contributed by atoms with Crippen molar-refractivity contribution in [3.63, 3.8) is 0 Å². The predicted molar refractivity (Wildman–Crippen MR) is 122 cm³/mol. The van der Waals surface area contributed by atoms with Gasteiger partial charge in [-0.15, -0.1) is 0 Å². The van der Waals surface area contributed by atoms with Crippen LogP contribution in [0.4, 0.5) is 35.0 Å². The Hall–Kier alpha value is -4.07. The molecule has 0 fully saturated rings. The van der Waals surface area contributed by atoms with Crippen LogP contribution in [-0.4, -0.2) is 42.4 Å². The number of pyridine rings is 2. The number of benzene rings is 1. The molecule has 3 aromatic heterocycles. The number of nitrogens with zero attached hydrogens (tertiary/aromatic N) is 4. The lowest BCUT2D eigenvalue weighted by Gasteiger charge is -2.16. The van der Waals surface area contributed by atoms with Crippen LogP contribution in [0.1, 0.15) is 5.69 Å². The summed E-state index contributed by atoms with van der Waals surface area (Å²) in [7, 11) is -1.64. The summed E-state index contributed by atoms with van der Waals surface area (Å²) in [6.07, 6.45) is -2.73. The van der Waals surface area contributed by atoms with Crippen LogP contribution in [0.5, 0.6) is 0 Å². The number of anilines is 3. The summed E-state index contributed by atoms with van der Waals surface area (Å²) in [5, 5.41) is 6.10. The van der Waals surface area contributed by atoms with Crippen LogP contribution in [0.3, 0.4) is 0 Å². The van der Waals surface area contributed by atoms with Gasteiger partial charge in [-0.1, -0.05) is 12.1 Å². The Balaban J connectivity index is 1.80. The highest BCUT2D eigenvalue weighted by Crippen LogP contribution is 2.36. The molecule has 1 aromatic carbocycles. The van der Waals surface area contributed by atoms with E-state index in [9.17, 15) is 21.6 Å². The summed E-state index contributed by atoms with van der Waals surface area (Å²) in [4.78, 5) is 14.7. The monoisotopic (exact) mass is 507 g/mol. The predicted octanol–water partition coefficient (Wildman–Crippen LogP) is 4.13. The number of rotatable bonds is 6. The number of halogens is 4. The van der Waals surface area contributed by atoms with Crippen LogP contribution in [0.25, 0.3) is 22.2 Å². The molecule has 182 valence electrons. The summed E-state index contributed by atoms with van der Waals surface area (Å²) in [5.74, 6) is -0.446. The molecule has 4 aromatic rings. The van der Waals surface area contributed by atoms with Crippen LogP contribution in [0.2, 0.25) is 0 Å². The summed E-state index contributed by atoms with van der Waals surface area (Å²) in [6.45, 7) is 0. The first-order valence-corrected chi connectivity index (χ1v) is 11.4. The second-order valence-electron chi connectivity index (χ2n) is 7.11. The fraction of sp³-hybridized carbons (Fsp3) is 0.143. The van der Waals surface area contributed by atoms with E-state index in [0.717, 1.165) is 24.4 Å². The van der Waals surface area contributed by atoms with Gasteiger partial charge in [-0.05, 0) is 24.3 Å². The normalized spacial score (nSPS) is 11.9. The highest BCUT2D eigenvalue weighted by molar-refractivity contribution is 7.92. The van der Waals surface area contributed by atoms with Gasteiger partial charge in [0.15, 0.2) is 17.2 Å². The molecule has 3 N–H and O–H groups in total. The molecular formula is C21H17F4N7O2S. The standard InChI is InChI=1S/C21H17F4N7O2S/c1-26-19-13(9-11-10-29-20(27-2)31-18(11)30-19)12-5-3-6-14(16(12)22)32-35(33,34)15-7-4-8-28-17(15)21(23,24)25/h3-10,32H,1-2H3,(H2,26,27,29,30,31). The van der Waals surface area contributed by atoms with E-state index in [1.54, 1.807) is 20.2 Å². The van der Waals surface area contributed by atoms with Gasteiger partial charge in [0, 0.05) is 43.0 Å². The summed E-state index contributed by atoms with van der Waals surface area (Å²) < 4.78 is 82.8. The fourth-order valence-electron chi connectivity index (χ4n) is 3.32. The number of nitrogens with one attached hydrogen (secondary N) is 3. The molecule has 0 atom stereocenters. The largest absolute Gasteiger partial charge is 0.434 e. The van der Waals surface area contributed by atoms with Crippen molar-refractivity contribution in [2.75, 3.05) is 29.5 Å². The molecule has 0 unspecified atom stereocenters. The molecule has 0 radical (unpaired) electrons. The van der Waals surface area contributed by atoms with Gasteiger partial charge < -0.3 is 10.6 Å². The topological polar surface area (TPSA) is 122 Å². The minimum absolute atomic E-state index is 0.0520. The molecule has 35 heavy (non-hydrogen) atoms. The van der Waals surface area contributed by atoms with Crippen molar-refractivity contribution in [2.24, 2.45) is 0 Å². The lowest BCUT2D eigenvalue weighted by molar-refractivity contribution is -0.143. The molecule has 4 rings (SSSR count). The van der Waals surface area contributed by atoms with Crippen molar-refractivity contribution in [3.8, 4) is 11.1 Å². The minimum Gasteiger partial charge on any atom is -0.373 e. The third-order valence-corrected chi connectivity index (χ3v) is 6.29. The summed E-state index contributed by atoms with van der Waals surface area (Å²) >= 11 is 0. The second-order valence-corrected chi connectivity index (χ2v) is 8.76. The van der Waals surface area contributed by atoms with Gasteiger partial charge >= 0.3 is 6.18 Å². The van der Waals surface area contributed by atoms with Gasteiger partial charge in [0.25, 0.3) is 10.0 Å². The van der Waals surface area contributed by atoms with Gasteiger partial charge in [-0.25, -0.2) is 22.8 Å². The Morgan fingerprint density at radius 1 is 0.943 bits per heavy atom. The lowest BCUT2D eigenvalue weighted by Crippen LogP contribution is -2.20. The Morgan fingerprint density at radius 3 is 2.40 bits per heavy atom. The summed E-state index contributed by atoms with van der Waals surface area (Å²) in [6, 6.07) is 7.17. The zero-order valence-electron chi connectivity index (χ0n) is 18.1. The number of alkyl halides is 3. The van der Waals surface area contributed by atoms with Crippen LogP contribution >= 0.6 is 0 Å². The number of hydrogen-bond acceptors (Lipinski definition) is 8.